The summed E-state index contributed by atoms with van der Waals surface area (Å²) in [5.41, 5.74) is -0.803. The number of Topliss-reactive ketones (excluding diaryl/α,β-unsaturated/α-hetero) is 1. The average molecular weight is 212 g/mol. The zero-order valence-electron chi connectivity index (χ0n) is 9.67. The van der Waals surface area contributed by atoms with Crippen LogP contribution in [0.4, 0.5) is 0 Å². The van der Waals surface area contributed by atoms with Gasteiger partial charge in [-0.15, -0.1) is 0 Å². The molecule has 3 nitrogen and oxygen atoms in total. The first-order valence-electron chi connectivity index (χ1n) is 5.88. The van der Waals surface area contributed by atoms with Gasteiger partial charge in [0.15, 0.2) is 0 Å². The van der Waals surface area contributed by atoms with Crippen LogP contribution in [0.1, 0.15) is 52.4 Å². The molecule has 15 heavy (non-hydrogen) atoms. The van der Waals surface area contributed by atoms with E-state index in [9.17, 15) is 9.59 Å². The molecular formula is C12H20O3. The van der Waals surface area contributed by atoms with Crippen LogP contribution in [0.2, 0.25) is 0 Å². The van der Waals surface area contributed by atoms with E-state index in [-0.39, 0.29) is 11.8 Å². The minimum absolute atomic E-state index is 0.0917. The SMILES string of the molecule is CCC[C@]1(C(=O)OCC)CCCCC1=O. The molecule has 0 saturated heterocycles. The third kappa shape index (κ3) is 2.39. The lowest BCUT2D eigenvalue weighted by Crippen LogP contribution is -2.42. The third-order valence-electron chi connectivity index (χ3n) is 3.13. The van der Waals surface area contributed by atoms with Crippen LogP contribution in [-0.2, 0) is 14.3 Å². The topological polar surface area (TPSA) is 43.4 Å². The molecule has 0 aromatic carbocycles. The maximum atomic E-state index is 11.9. The number of ether oxygens (including phenoxy) is 1. The molecule has 1 fully saturated rings. The van der Waals surface area contributed by atoms with Gasteiger partial charge < -0.3 is 4.74 Å². The highest BCUT2D eigenvalue weighted by Gasteiger charge is 2.46. The van der Waals surface area contributed by atoms with Crippen LogP contribution in [-0.4, -0.2) is 18.4 Å². The Bertz CT molecular complexity index is 243. The van der Waals surface area contributed by atoms with Crippen molar-refractivity contribution in [1.29, 1.82) is 0 Å². The Balaban J connectivity index is 2.84. The smallest absolute Gasteiger partial charge is 0.319 e. The molecule has 0 aromatic heterocycles. The van der Waals surface area contributed by atoms with E-state index in [4.69, 9.17) is 4.74 Å². The normalized spacial score (nSPS) is 26.4. The zero-order chi connectivity index (χ0) is 11.3. The minimum atomic E-state index is -0.803. The molecule has 0 spiro atoms. The highest BCUT2D eigenvalue weighted by Crippen LogP contribution is 2.38. The summed E-state index contributed by atoms with van der Waals surface area (Å²) < 4.78 is 5.05. The molecule has 1 atom stereocenters. The van der Waals surface area contributed by atoms with Crippen LogP contribution in [0.5, 0.6) is 0 Å². The van der Waals surface area contributed by atoms with Gasteiger partial charge in [-0.2, -0.15) is 0 Å². The van der Waals surface area contributed by atoms with Crippen molar-refractivity contribution in [2.45, 2.75) is 52.4 Å². The van der Waals surface area contributed by atoms with E-state index in [1.807, 2.05) is 6.92 Å². The van der Waals surface area contributed by atoms with Crippen LogP contribution in [0.25, 0.3) is 0 Å². The van der Waals surface area contributed by atoms with Gasteiger partial charge in [-0.05, 0) is 26.2 Å². The average Bonchev–Trinajstić information content (AvgIpc) is 2.22. The number of hydrogen-bond acceptors (Lipinski definition) is 3. The summed E-state index contributed by atoms with van der Waals surface area (Å²) in [7, 11) is 0. The van der Waals surface area contributed by atoms with Gasteiger partial charge >= 0.3 is 5.97 Å². The molecule has 0 radical (unpaired) electrons. The summed E-state index contributed by atoms with van der Waals surface area (Å²) in [5.74, 6) is -0.203. The molecule has 0 aliphatic heterocycles. The fourth-order valence-electron chi connectivity index (χ4n) is 2.37. The van der Waals surface area contributed by atoms with Crippen LogP contribution in [0.3, 0.4) is 0 Å². The summed E-state index contributed by atoms with van der Waals surface area (Å²) in [6.45, 7) is 4.14. The number of carbonyl (C=O) groups excluding carboxylic acids is 2. The number of ketones is 1. The highest BCUT2D eigenvalue weighted by atomic mass is 16.5. The van der Waals surface area contributed by atoms with Crippen LogP contribution >= 0.6 is 0 Å². The fraction of sp³-hybridized carbons (Fsp3) is 0.833. The van der Waals surface area contributed by atoms with Gasteiger partial charge in [-0.1, -0.05) is 19.8 Å². The first-order valence-corrected chi connectivity index (χ1v) is 5.88. The third-order valence-corrected chi connectivity index (χ3v) is 3.13. The number of esters is 1. The quantitative estimate of drug-likeness (QED) is 0.531. The number of carbonyl (C=O) groups is 2. The second-order valence-electron chi connectivity index (χ2n) is 4.18. The lowest BCUT2D eigenvalue weighted by molar-refractivity contribution is -0.162. The van der Waals surface area contributed by atoms with E-state index < -0.39 is 5.41 Å². The van der Waals surface area contributed by atoms with Crippen molar-refractivity contribution in [3.63, 3.8) is 0 Å². The molecule has 0 amide bonds. The molecule has 1 aliphatic rings. The first kappa shape index (κ1) is 12.2. The molecular weight excluding hydrogens is 192 g/mol. The molecule has 0 bridgehead atoms. The molecule has 0 aromatic rings. The second-order valence-corrected chi connectivity index (χ2v) is 4.18. The molecule has 0 N–H and O–H groups in total. The number of rotatable bonds is 4. The van der Waals surface area contributed by atoms with E-state index in [2.05, 4.69) is 0 Å². The van der Waals surface area contributed by atoms with Gasteiger partial charge in [0.2, 0.25) is 0 Å². The van der Waals surface area contributed by atoms with Crippen LogP contribution in [0.15, 0.2) is 0 Å². The van der Waals surface area contributed by atoms with E-state index in [0.717, 1.165) is 19.3 Å². The Morgan fingerprint density at radius 1 is 1.40 bits per heavy atom. The maximum Gasteiger partial charge on any atom is 0.319 e. The van der Waals surface area contributed by atoms with Crippen LogP contribution < -0.4 is 0 Å². The van der Waals surface area contributed by atoms with Gasteiger partial charge in [0, 0.05) is 6.42 Å². The summed E-state index contributed by atoms with van der Waals surface area (Å²) in [4.78, 5) is 23.8. The largest absolute Gasteiger partial charge is 0.465 e. The lowest BCUT2D eigenvalue weighted by atomic mass is 9.70. The Hall–Kier alpha value is -0.860. The summed E-state index contributed by atoms with van der Waals surface area (Å²) in [6.07, 6.45) is 4.60. The Kier molecular flexibility index (Phi) is 4.30. The van der Waals surface area contributed by atoms with Gasteiger partial charge in [-0.25, -0.2) is 0 Å². The van der Waals surface area contributed by atoms with Crippen molar-refractivity contribution in [2.75, 3.05) is 6.61 Å². The fourth-order valence-corrected chi connectivity index (χ4v) is 2.37. The molecule has 0 unspecified atom stereocenters. The predicted octanol–water partition coefficient (Wildman–Crippen LogP) is 2.48. The highest BCUT2D eigenvalue weighted by molar-refractivity contribution is 6.04. The standard InChI is InChI=1S/C12H20O3/c1-3-8-12(11(14)15-4-2)9-6-5-7-10(12)13/h3-9H2,1-2H3/t12-/m0/s1. The van der Waals surface area contributed by atoms with E-state index >= 15 is 0 Å². The van der Waals surface area contributed by atoms with E-state index in [1.165, 1.54) is 0 Å². The molecule has 1 saturated carbocycles. The van der Waals surface area contributed by atoms with Crippen LogP contribution in [0, 0.1) is 5.41 Å². The Morgan fingerprint density at radius 3 is 2.67 bits per heavy atom. The van der Waals surface area contributed by atoms with Crippen molar-refractivity contribution < 1.29 is 14.3 Å². The minimum Gasteiger partial charge on any atom is -0.465 e. The van der Waals surface area contributed by atoms with Crippen molar-refractivity contribution in [3.05, 3.63) is 0 Å². The summed E-state index contributed by atoms with van der Waals surface area (Å²) in [6, 6.07) is 0. The van der Waals surface area contributed by atoms with Gasteiger partial charge in [0.25, 0.3) is 0 Å². The van der Waals surface area contributed by atoms with Crippen molar-refractivity contribution in [3.8, 4) is 0 Å². The first-order chi connectivity index (χ1) is 7.17. The van der Waals surface area contributed by atoms with Gasteiger partial charge in [-0.3, -0.25) is 9.59 Å². The molecule has 86 valence electrons. The Morgan fingerprint density at radius 2 is 2.13 bits per heavy atom. The van der Waals surface area contributed by atoms with Crippen molar-refractivity contribution in [2.24, 2.45) is 5.41 Å². The lowest BCUT2D eigenvalue weighted by Gasteiger charge is -2.32. The zero-order valence-corrected chi connectivity index (χ0v) is 9.67. The van der Waals surface area contributed by atoms with Crippen molar-refractivity contribution in [1.82, 2.24) is 0 Å². The van der Waals surface area contributed by atoms with Crippen molar-refractivity contribution >= 4 is 11.8 Å². The van der Waals surface area contributed by atoms with E-state index in [0.29, 0.717) is 25.9 Å². The van der Waals surface area contributed by atoms with Gasteiger partial charge in [0.1, 0.15) is 11.2 Å². The number of hydrogen-bond donors (Lipinski definition) is 0. The van der Waals surface area contributed by atoms with E-state index in [1.54, 1.807) is 6.92 Å². The second kappa shape index (κ2) is 5.29. The molecule has 1 aliphatic carbocycles. The summed E-state index contributed by atoms with van der Waals surface area (Å²) >= 11 is 0. The molecule has 0 heterocycles. The predicted molar refractivity (Wildman–Crippen MR) is 57.4 cm³/mol. The molecule has 3 heteroatoms. The molecule has 1 rings (SSSR count). The monoisotopic (exact) mass is 212 g/mol. The Labute approximate surface area is 91.2 Å². The summed E-state index contributed by atoms with van der Waals surface area (Å²) in [5, 5.41) is 0. The maximum absolute atomic E-state index is 11.9. The van der Waals surface area contributed by atoms with Gasteiger partial charge in [0.05, 0.1) is 6.61 Å².